The van der Waals surface area contributed by atoms with Crippen LogP contribution >= 0.6 is 11.6 Å². The Bertz CT molecular complexity index is 848. The molecule has 0 aliphatic rings. The van der Waals surface area contributed by atoms with Crippen molar-refractivity contribution in [3.8, 4) is 0 Å². The van der Waals surface area contributed by atoms with Crippen LogP contribution in [0.1, 0.15) is 20.3 Å². The average molecular weight is 368 g/mol. The van der Waals surface area contributed by atoms with Gasteiger partial charge in [0, 0.05) is 0 Å². The number of carbonyl (C=O) groups excluding carboxylic acids is 1. The second kappa shape index (κ2) is 6.93. The van der Waals surface area contributed by atoms with E-state index < -0.39 is 21.3 Å². The van der Waals surface area contributed by atoms with Gasteiger partial charge in [-0.2, -0.15) is 0 Å². The lowest BCUT2D eigenvalue weighted by Crippen LogP contribution is -2.39. The summed E-state index contributed by atoms with van der Waals surface area (Å²) in [5, 5.41) is 12.5. The van der Waals surface area contributed by atoms with Gasteiger partial charge in [0.2, 0.25) is 9.84 Å². The molecule has 0 radical (unpaired) electrons. The fourth-order valence-electron chi connectivity index (χ4n) is 1.92. The lowest BCUT2D eigenvalue weighted by molar-refractivity contribution is -0.132. The molecule has 1 unspecified atom stereocenters. The van der Waals surface area contributed by atoms with E-state index in [4.69, 9.17) is 11.6 Å². The molecule has 0 aliphatic heterocycles. The number of nitrogens with one attached hydrogen (secondary N) is 1. The smallest absolute Gasteiger partial charge is 0.256 e. The van der Waals surface area contributed by atoms with Gasteiger partial charge in [0.05, 0.1) is 20.5 Å². The number of hydrogen-bond donors (Lipinski definition) is 2. The summed E-state index contributed by atoms with van der Waals surface area (Å²) in [6.07, 6.45) is 0.233. The lowest BCUT2D eigenvalue weighted by Gasteiger charge is -2.20. The Morgan fingerprint density at radius 3 is 2.33 bits per heavy atom. The summed E-state index contributed by atoms with van der Waals surface area (Å²) in [6.45, 7) is 3.07. The van der Waals surface area contributed by atoms with Crippen LogP contribution in [0.25, 0.3) is 0 Å². The molecule has 128 valence electrons. The number of aliphatic hydroxyl groups is 1. The van der Waals surface area contributed by atoms with Crippen molar-refractivity contribution < 1.29 is 18.3 Å². The Balaban J connectivity index is 2.33. The van der Waals surface area contributed by atoms with Crippen LogP contribution < -0.4 is 5.32 Å². The fourth-order valence-corrected chi connectivity index (χ4v) is 3.52. The third-order valence-corrected chi connectivity index (χ3v) is 5.81. The molecule has 0 aliphatic carbocycles. The van der Waals surface area contributed by atoms with Crippen LogP contribution in [0.3, 0.4) is 0 Å². The maximum atomic E-state index is 12.5. The predicted octanol–water partition coefficient (Wildman–Crippen LogP) is 3.27. The van der Waals surface area contributed by atoms with Crippen LogP contribution in [0.5, 0.6) is 0 Å². The number of carbonyl (C=O) groups is 1. The first-order valence-electron chi connectivity index (χ1n) is 7.32. The molecule has 0 aromatic heterocycles. The van der Waals surface area contributed by atoms with Gasteiger partial charge in [-0.25, -0.2) is 8.42 Å². The molecular weight excluding hydrogens is 350 g/mol. The first-order valence-corrected chi connectivity index (χ1v) is 9.18. The van der Waals surface area contributed by atoms with Crippen molar-refractivity contribution in [2.24, 2.45) is 0 Å². The summed E-state index contributed by atoms with van der Waals surface area (Å²) < 4.78 is 25.1. The predicted molar refractivity (Wildman–Crippen MR) is 92.9 cm³/mol. The zero-order valence-electron chi connectivity index (χ0n) is 13.3. The molecule has 0 bridgehead atoms. The molecule has 0 saturated heterocycles. The molecular formula is C17H18ClNO4S. The molecule has 0 fully saturated rings. The Hall–Kier alpha value is -1.89. The highest BCUT2D eigenvalue weighted by Gasteiger charge is 2.28. The second-order valence-electron chi connectivity index (χ2n) is 5.54. The zero-order chi connectivity index (χ0) is 18.0. The quantitative estimate of drug-likeness (QED) is 0.849. The van der Waals surface area contributed by atoms with Gasteiger partial charge < -0.3 is 10.4 Å². The van der Waals surface area contributed by atoms with Gasteiger partial charge in [0.15, 0.2) is 0 Å². The molecule has 2 N–H and O–H groups in total. The summed E-state index contributed by atoms with van der Waals surface area (Å²) in [6, 6.07) is 12.0. The van der Waals surface area contributed by atoms with Crippen molar-refractivity contribution in [2.75, 3.05) is 5.32 Å². The SMILES string of the molecule is CCC(C)(O)C(=O)Nc1ccc(S(=O)(=O)c2ccccc2)cc1Cl. The largest absolute Gasteiger partial charge is 0.380 e. The third-order valence-electron chi connectivity index (χ3n) is 3.73. The highest BCUT2D eigenvalue weighted by atomic mass is 35.5. The number of benzene rings is 2. The van der Waals surface area contributed by atoms with Crippen molar-refractivity contribution in [2.45, 2.75) is 35.7 Å². The average Bonchev–Trinajstić information content (AvgIpc) is 2.57. The summed E-state index contributed by atoms with van der Waals surface area (Å²) in [5.41, 5.74) is -1.29. The number of rotatable bonds is 5. The van der Waals surface area contributed by atoms with Gasteiger partial charge in [-0.05, 0) is 43.7 Å². The van der Waals surface area contributed by atoms with Crippen molar-refractivity contribution in [3.05, 3.63) is 53.6 Å². The fraction of sp³-hybridized carbons (Fsp3) is 0.235. The molecule has 2 rings (SSSR count). The molecule has 1 amide bonds. The lowest BCUT2D eigenvalue weighted by atomic mass is 10.0. The van der Waals surface area contributed by atoms with Crippen LogP contribution in [-0.4, -0.2) is 25.0 Å². The monoisotopic (exact) mass is 367 g/mol. The van der Waals surface area contributed by atoms with E-state index in [0.29, 0.717) is 0 Å². The standard InChI is InChI=1S/C17H18ClNO4S/c1-3-17(2,21)16(20)19-15-10-9-13(11-14(15)18)24(22,23)12-7-5-4-6-8-12/h4-11,21H,3H2,1-2H3,(H,19,20). The van der Waals surface area contributed by atoms with Crippen molar-refractivity contribution in [3.63, 3.8) is 0 Å². The summed E-state index contributed by atoms with van der Waals surface area (Å²) in [7, 11) is -3.69. The second-order valence-corrected chi connectivity index (χ2v) is 7.90. The molecule has 0 spiro atoms. The molecule has 24 heavy (non-hydrogen) atoms. The van der Waals surface area contributed by atoms with Gasteiger partial charge in [0.25, 0.3) is 5.91 Å². The van der Waals surface area contributed by atoms with E-state index in [2.05, 4.69) is 5.32 Å². The summed E-state index contributed by atoms with van der Waals surface area (Å²) in [4.78, 5) is 12.2. The molecule has 5 nitrogen and oxygen atoms in total. The minimum atomic E-state index is -3.69. The van der Waals surface area contributed by atoms with Crippen LogP contribution in [0.4, 0.5) is 5.69 Å². The number of halogens is 1. The van der Waals surface area contributed by atoms with Gasteiger partial charge in [-0.15, -0.1) is 0 Å². The van der Waals surface area contributed by atoms with Crippen molar-refractivity contribution >= 4 is 33.0 Å². The maximum Gasteiger partial charge on any atom is 0.256 e. The minimum Gasteiger partial charge on any atom is -0.380 e. The normalized spacial score (nSPS) is 14.0. The van der Waals surface area contributed by atoms with Gasteiger partial charge >= 0.3 is 0 Å². The number of sulfone groups is 1. The molecule has 2 aromatic carbocycles. The first-order chi connectivity index (χ1) is 11.2. The number of hydrogen-bond acceptors (Lipinski definition) is 4. The highest BCUT2D eigenvalue weighted by Crippen LogP contribution is 2.29. The molecule has 7 heteroatoms. The molecule has 0 saturated carbocycles. The van der Waals surface area contributed by atoms with Gasteiger partial charge in [-0.1, -0.05) is 36.7 Å². The molecule has 0 heterocycles. The Kier molecular flexibility index (Phi) is 5.32. The van der Waals surface area contributed by atoms with E-state index in [1.165, 1.54) is 37.3 Å². The van der Waals surface area contributed by atoms with E-state index >= 15 is 0 Å². The van der Waals surface area contributed by atoms with Crippen molar-refractivity contribution in [1.29, 1.82) is 0 Å². The Morgan fingerprint density at radius 2 is 1.79 bits per heavy atom. The Labute approximate surface area is 146 Å². The van der Waals surface area contributed by atoms with Crippen LogP contribution in [0.2, 0.25) is 5.02 Å². The minimum absolute atomic E-state index is 0.0268. The summed E-state index contributed by atoms with van der Waals surface area (Å²) >= 11 is 6.10. The number of amides is 1. The third kappa shape index (κ3) is 3.77. The Morgan fingerprint density at radius 1 is 1.17 bits per heavy atom. The summed E-state index contributed by atoms with van der Waals surface area (Å²) in [5.74, 6) is -0.606. The van der Waals surface area contributed by atoms with Gasteiger partial charge in [0.1, 0.15) is 5.60 Å². The van der Waals surface area contributed by atoms with Crippen molar-refractivity contribution in [1.82, 2.24) is 0 Å². The van der Waals surface area contributed by atoms with Crippen LogP contribution in [0, 0.1) is 0 Å². The van der Waals surface area contributed by atoms with Crippen LogP contribution in [-0.2, 0) is 14.6 Å². The van der Waals surface area contributed by atoms with E-state index in [9.17, 15) is 18.3 Å². The van der Waals surface area contributed by atoms with Gasteiger partial charge in [-0.3, -0.25) is 4.79 Å². The van der Waals surface area contributed by atoms with E-state index in [-0.39, 0.29) is 26.9 Å². The highest BCUT2D eigenvalue weighted by molar-refractivity contribution is 7.91. The number of anilines is 1. The molecule has 2 aromatic rings. The topological polar surface area (TPSA) is 83.5 Å². The van der Waals surface area contributed by atoms with E-state index in [0.717, 1.165) is 0 Å². The van der Waals surface area contributed by atoms with E-state index in [1.807, 2.05) is 0 Å². The maximum absolute atomic E-state index is 12.5. The van der Waals surface area contributed by atoms with Crippen LogP contribution in [0.15, 0.2) is 58.3 Å². The van der Waals surface area contributed by atoms with E-state index in [1.54, 1.807) is 25.1 Å². The molecule has 1 atom stereocenters. The zero-order valence-corrected chi connectivity index (χ0v) is 14.9. The first kappa shape index (κ1) is 18.4.